The van der Waals surface area contributed by atoms with E-state index in [0.717, 1.165) is 66.5 Å². The SMILES string of the molecule is Cc1ncsc1-c1ccc([C@H](C)NC(=O)[C@@H]2C[C@@H](O)CN2C(=O)[C@@H](c2cc(OCC3CCN(CCOc4nc(N5CC6CCC(C5)N6)c5cnc(-c6c(OC(F)(F)F)ccc7[nH]ncc67)c(F)c5n4)CC3)no2)C(C)C)cc1. The van der Waals surface area contributed by atoms with Crippen molar-refractivity contribution >= 4 is 50.8 Å². The number of nitrogens with zero attached hydrogens (tertiary/aromatic N) is 9. The molecule has 0 radical (unpaired) electrons. The second-order valence-corrected chi connectivity index (χ2v) is 22.0. The summed E-state index contributed by atoms with van der Waals surface area (Å²) in [6.45, 7) is 11.4. The van der Waals surface area contributed by atoms with Gasteiger partial charge in [-0.05, 0) is 92.9 Å². The van der Waals surface area contributed by atoms with E-state index in [0.29, 0.717) is 48.7 Å². The first-order valence-electron chi connectivity index (χ1n) is 26.4. The molecule has 4 aliphatic rings. The normalized spacial score (nSPS) is 20.9. The van der Waals surface area contributed by atoms with Crippen LogP contribution in [0.15, 0.2) is 64.9 Å². The molecule has 4 saturated heterocycles. The number of aliphatic hydroxyl groups excluding tert-OH is 1. The first-order chi connectivity index (χ1) is 37.5. The zero-order valence-electron chi connectivity index (χ0n) is 43.4. The molecule has 412 valence electrons. The summed E-state index contributed by atoms with van der Waals surface area (Å²) in [6, 6.07) is 11.2. The number of aromatic amines is 1. The van der Waals surface area contributed by atoms with E-state index in [-0.39, 0.29) is 89.7 Å². The molecule has 7 aromatic rings. The number of rotatable bonds is 17. The summed E-state index contributed by atoms with van der Waals surface area (Å²) in [5.74, 6) is -2.12. The van der Waals surface area contributed by atoms with Crippen LogP contribution in [0, 0.1) is 24.6 Å². The molecule has 2 unspecified atom stereocenters. The zero-order chi connectivity index (χ0) is 54.4. The maximum atomic E-state index is 17.0. The fourth-order valence-electron chi connectivity index (χ4n) is 11.4. The number of hydrogen-bond donors (Lipinski definition) is 4. The fourth-order valence-corrected chi connectivity index (χ4v) is 12.2. The van der Waals surface area contributed by atoms with E-state index in [2.05, 4.69) is 55.5 Å². The van der Waals surface area contributed by atoms with Gasteiger partial charge in [0.1, 0.15) is 41.3 Å². The van der Waals surface area contributed by atoms with Crippen LogP contribution in [0.3, 0.4) is 0 Å². The number of halogens is 4. The summed E-state index contributed by atoms with van der Waals surface area (Å²) in [7, 11) is 0. The number of hydrogen-bond acceptors (Lipinski definition) is 17. The zero-order valence-corrected chi connectivity index (χ0v) is 44.2. The van der Waals surface area contributed by atoms with Gasteiger partial charge in [-0.1, -0.05) is 38.1 Å². The number of anilines is 1. The number of carbonyl (C=O) groups excluding carboxylic acids is 2. The van der Waals surface area contributed by atoms with Crippen LogP contribution in [-0.4, -0.2) is 145 Å². The van der Waals surface area contributed by atoms with Crippen molar-refractivity contribution in [3.63, 3.8) is 0 Å². The summed E-state index contributed by atoms with van der Waals surface area (Å²) in [6.07, 6.45) is 0.445. The summed E-state index contributed by atoms with van der Waals surface area (Å²) in [4.78, 5) is 52.9. The average Bonchev–Trinajstić information content (AvgIpc) is 4.42. The van der Waals surface area contributed by atoms with Crippen molar-refractivity contribution in [1.82, 2.24) is 55.7 Å². The van der Waals surface area contributed by atoms with Gasteiger partial charge in [-0.15, -0.1) is 24.5 Å². The first-order valence-corrected chi connectivity index (χ1v) is 27.2. The highest BCUT2D eigenvalue weighted by Gasteiger charge is 2.44. The van der Waals surface area contributed by atoms with Crippen LogP contribution < -0.4 is 29.7 Å². The van der Waals surface area contributed by atoms with Crippen LogP contribution in [-0.2, 0) is 9.59 Å². The standard InChI is InChI=1S/C54H60F4N12O7S/c1-28(2)44(52(73)70-25-36(71)19-40(70)51(72)62-29(3)32-5-7-33(8-6-32)49-30(4)60-27-78-49)42-20-43(67-77-42)75-26-31-13-15-68(16-14-31)17-18-74-53-64-47-38(50(65-53)69-23-34-9-10-35(24-69)63-34)21-59-48(46(47)55)45-37-22-61-66-39(37)11-12-41(45)76-54(56,57)58/h5-8,11-12,20-22,27-29,31,34-36,40,44,63,71H,9-10,13-19,23-26H2,1-4H3,(H,61,66)(H,62,72)/t29-,34?,35?,36+,40-,44+/m0/s1. The van der Waals surface area contributed by atoms with Crippen molar-refractivity contribution in [1.29, 1.82) is 0 Å². The second kappa shape index (κ2) is 22.0. The Kier molecular flexibility index (Phi) is 15.0. The lowest BCUT2D eigenvalue weighted by Crippen LogP contribution is -2.51. The van der Waals surface area contributed by atoms with Crippen molar-refractivity contribution in [2.75, 3.05) is 57.4 Å². The van der Waals surface area contributed by atoms with E-state index >= 15 is 4.39 Å². The number of nitrogens with one attached hydrogen (secondary N) is 3. The molecule has 2 bridgehead atoms. The number of piperidine rings is 1. The Morgan fingerprint density at radius 3 is 2.45 bits per heavy atom. The fraction of sp³-hybridized carbons (Fsp3) is 0.481. The number of benzene rings is 2. The van der Waals surface area contributed by atoms with Crippen LogP contribution in [0.25, 0.3) is 43.5 Å². The summed E-state index contributed by atoms with van der Waals surface area (Å²) >= 11 is 1.57. The van der Waals surface area contributed by atoms with Gasteiger partial charge in [-0.2, -0.15) is 15.1 Å². The van der Waals surface area contributed by atoms with Crippen molar-refractivity contribution in [2.24, 2.45) is 11.8 Å². The molecular formula is C54H60F4N12O7S. The molecule has 19 nitrogen and oxygen atoms in total. The van der Waals surface area contributed by atoms with Crippen LogP contribution in [0.4, 0.5) is 23.4 Å². The first kappa shape index (κ1) is 53.0. The number of likely N-dealkylation sites (tertiary alicyclic amines) is 2. The van der Waals surface area contributed by atoms with Crippen molar-refractivity contribution in [2.45, 2.75) is 102 Å². The Morgan fingerprint density at radius 1 is 0.962 bits per heavy atom. The molecule has 9 heterocycles. The monoisotopic (exact) mass is 1100 g/mol. The molecule has 2 aromatic carbocycles. The van der Waals surface area contributed by atoms with Gasteiger partial charge in [0.05, 0.1) is 57.5 Å². The van der Waals surface area contributed by atoms with Gasteiger partial charge in [0, 0.05) is 62.3 Å². The highest BCUT2D eigenvalue weighted by atomic mass is 32.1. The van der Waals surface area contributed by atoms with E-state index in [4.69, 9.17) is 19.0 Å². The Balaban J connectivity index is 0.703. The minimum Gasteiger partial charge on any atom is -0.475 e. The predicted octanol–water partition coefficient (Wildman–Crippen LogP) is 7.71. The molecule has 6 atom stereocenters. The lowest BCUT2D eigenvalue weighted by molar-refractivity contribution is -0.274. The van der Waals surface area contributed by atoms with Crippen LogP contribution in [0.1, 0.15) is 81.9 Å². The molecule has 0 aliphatic carbocycles. The molecule has 0 saturated carbocycles. The molecule has 4 aliphatic heterocycles. The number of fused-ring (bicyclic) bond motifs is 4. The van der Waals surface area contributed by atoms with E-state index in [1.165, 1.54) is 23.4 Å². The molecule has 4 fully saturated rings. The number of amides is 2. The van der Waals surface area contributed by atoms with Gasteiger partial charge in [-0.25, -0.2) is 9.37 Å². The highest BCUT2D eigenvalue weighted by Crippen LogP contribution is 2.42. The number of thiazole rings is 1. The largest absolute Gasteiger partial charge is 0.573 e. The summed E-state index contributed by atoms with van der Waals surface area (Å²) in [5, 5.41) is 28.7. The summed E-state index contributed by atoms with van der Waals surface area (Å²) in [5.41, 5.74) is 4.31. The topological polar surface area (TPSA) is 222 Å². The lowest BCUT2D eigenvalue weighted by atomic mass is 9.91. The third-order valence-electron chi connectivity index (χ3n) is 15.4. The predicted molar refractivity (Wildman–Crippen MR) is 280 cm³/mol. The molecular weight excluding hydrogens is 1040 g/mol. The Labute approximate surface area is 450 Å². The maximum Gasteiger partial charge on any atom is 0.573 e. The molecule has 78 heavy (non-hydrogen) atoms. The number of aliphatic hydroxyl groups is 1. The third kappa shape index (κ3) is 11.2. The number of piperazine rings is 1. The Hall–Kier alpha value is -7.02. The van der Waals surface area contributed by atoms with Crippen molar-refractivity contribution in [3.8, 4) is 39.3 Å². The summed E-state index contributed by atoms with van der Waals surface area (Å²) < 4.78 is 80.3. The number of aryl methyl sites for hydroxylation is 1. The quantitative estimate of drug-likeness (QED) is 0.0641. The maximum absolute atomic E-state index is 17.0. The number of ether oxygens (including phenoxy) is 3. The molecule has 4 N–H and O–H groups in total. The van der Waals surface area contributed by atoms with Gasteiger partial charge in [0.25, 0.3) is 5.88 Å². The molecule has 2 amide bonds. The van der Waals surface area contributed by atoms with Gasteiger partial charge in [-0.3, -0.25) is 24.6 Å². The van der Waals surface area contributed by atoms with E-state index in [9.17, 15) is 27.9 Å². The number of H-pyrrole nitrogens is 1. The van der Waals surface area contributed by atoms with Crippen LogP contribution >= 0.6 is 11.3 Å². The van der Waals surface area contributed by atoms with E-state index in [1.807, 2.05) is 57.5 Å². The van der Waals surface area contributed by atoms with Crippen molar-refractivity contribution in [3.05, 3.63) is 83.2 Å². The van der Waals surface area contributed by atoms with Crippen LogP contribution in [0.5, 0.6) is 17.6 Å². The van der Waals surface area contributed by atoms with Gasteiger partial charge < -0.3 is 44.3 Å². The number of β-amino-alcohol motifs (C(OH)–C–C–N with tert-alkyl or cyclic N) is 1. The van der Waals surface area contributed by atoms with E-state index in [1.54, 1.807) is 17.4 Å². The van der Waals surface area contributed by atoms with Gasteiger partial charge >= 0.3 is 12.4 Å². The Morgan fingerprint density at radius 2 is 1.73 bits per heavy atom. The van der Waals surface area contributed by atoms with Crippen molar-refractivity contribution < 1.29 is 51.0 Å². The third-order valence-corrected chi connectivity index (χ3v) is 16.4. The molecule has 0 spiro atoms. The van der Waals surface area contributed by atoms with Gasteiger partial charge in [0.2, 0.25) is 11.8 Å². The van der Waals surface area contributed by atoms with Crippen LogP contribution in [0.2, 0.25) is 0 Å². The number of carbonyl (C=O) groups is 2. The minimum atomic E-state index is -5.06. The smallest absolute Gasteiger partial charge is 0.475 e. The second-order valence-electron chi connectivity index (χ2n) is 21.1. The number of alkyl halides is 3. The van der Waals surface area contributed by atoms with E-state index < -0.39 is 41.7 Å². The minimum absolute atomic E-state index is 0.00996. The highest BCUT2D eigenvalue weighted by molar-refractivity contribution is 7.13. The molecule has 24 heteroatoms. The molecule has 5 aromatic heterocycles. The number of pyridine rings is 1. The van der Waals surface area contributed by atoms with Gasteiger partial charge in [0.15, 0.2) is 11.6 Å². The average molecular weight is 1100 g/mol. The number of aromatic nitrogens is 7. The lowest BCUT2D eigenvalue weighted by Gasteiger charge is -2.34. The Bertz CT molecular complexity index is 3280. The molecule has 11 rings (SSSR count).